The van der Waals surface area contributed by atoms with Gasteiger partial charge in [0.1, 0.15) is 5.75 Å². The summed E-state index contributed by atoms with van der Waals surface area (Å²) in [5.74, 6) is 0.0406. The third-order valence-corrected chi connectivity index (χ3v) is 3.35. The van der Waals surface area contributed by atoms with Gasteiger partial charge in [-0.25, -0.2) is 4.98 Å². The number of aromatic hydroxyl groups is 1. The summed E-state index contributed by atoms with van der Waals surface area (Å²) in [6.07, 6.45) is 1.49. The number of carbonyl (C=O) groups excluding carboxylic acids is 1. The van der Waals surface area contributed by atoms with Crippen LogP contribution in [-0.2, 0) is 0 Å². The number of rotatable bonds is 3. The average molecular weight is 294 g/mol. The van der Waals surface area contributed by atoms with Crippen molar-refractivity contribution in [2.24, 2.45) is 0 Å². The van der Waals surface area contributed by atoms with Crippen molar-refractivity contribution >= 4 is 22.4 Å². The van der Waals surface area contributed by atoms with Crippen LogP contribution in [0.2, 0.25) is 0 Å². The van der Waals surface area contributed by atoms with Crippen LogP contribution in [0.3, 0.4) is 0 Å². The third-order valence-electron chi connectivity index (χ3n) is 3.35. The molecule has 1 amide bonds. The van der Waals surface area contributed by atoms with Crippen molar-refractivity contribution in [2.75, 3.05) is 12.4 Å². The van der Waals surface area contributed by atoms with Gasteiger partial charge in [-0.2, -0.15) is 0 Å². The third kappa shape index (κ3) is 2.56. The van der Waals surface area contributed by atoms with E-state index >= 15 is 0 Å². The first-order valence-electron chi connectivity index (χ1n) is 6.71. The van der Waals surface area contributed by atoms with Crippen LogP contribution in [0, 0.1) is 0 Å². The van der Waals surface area contributed by atoms with Crippen LogP contribution < -0.4 is 10.1 Å². The molecule has 1 heterocycles. The molecular weight excluding hydrogens is 280 g/mol. The van der Waals surface area contributed by atoms with E-state index in [4.69, 9.17) is 4.74 Å². The first-order chi connectivity index (χ1) is 10.7. The number of carbonyl (C=O) groups is 1. The smallest absolute Gasteiger partial charge is 0.259 e. The van der Waals surface area contributed by atoms with Gasteiger partial charge in [-0.3, -0.25) is 4.79 Å². The fourth-order valence-electron chi connectivity index (χ4n) is 2.21. The van der Waals surface area contributed by atoms with Gasteiger partial charge >= 0.3 is 0 Å². The van der Waals surface area contributed by atoms with Gasteiger partial charge < -0.3 is 15.2 Å². The fraction of sp³-hybridized carbons (Fsp3) is 0.0588. The van der Waals surface area contributed by atoms with Gasteiger partial charge in [0.2, 0.25) is 5.88 Å². The molecule has 5 heteroatoms. The normalized spacial score (nSPS) is 10.4. The number of benzene rings is 2. The van der Waals surface area contributed by atoms with Gasteiger partial charge in [-0.05, 0) is 17.5 Å². The molecule has 22 heavy (non-hydrogen) atoms. The first kappa shape index (κ1) is 13.9. The zero-order valence-electron chi connectivity index (χ0n) is 11.9. The van der Waals surface area contributed by atoms with Crippen LogP contribution in [0.15, 0.2) is 54.7 Å². The lowest BCUT2D eigenvalue weighted by Crippen LogP contribution is -2.12. The van der Waals surface area contributed by atoms with Crippen LogP contribution >= 0.6 is 0 Å². The number of amides is 1. The van der Waals surface area contributed by atoms with E-state index in [9.17, 15) is 9.90 Å². The maximum Gasteiger partial charge on any atom is 0.259 e. The summed E-state index contributed by atoms with van der Waals surface area (Å²) in [4.78, 5) is 16.3. The summed E-state index contributed by atoms with van der Waals surface area (Å²) in [5.41, 5.74) is 0.743. The van der Waals surface area contributed by atoms with E-state index in [0.717, 1.165) is 5.39 Å². The molecule has 3 rings (SSSR count). The lowest BCUT2D eigenvalue weighted by atomic mass is 10.0. The van der Waals surface area contributed by atoms with Crippen LogP contribution in [0.25, 0.3) is 10.8 Å². The zero-order chi connectivity index (χ0) is 15.5. The van der Waals surface area contributed by atoms with Crippen molar-refractivity contribution in [2.45, 2.75) is 0 Å². The number of phenolic OH excluding ortho intramolecular Hbond substituents is 1. The number of nitrogens with zero attached hydrogens (tertiary/aromatic N) is 1. The van der Waals surface area contributed by atoms with E-state index in [0.29, 0.717) is 17.0 Å². The molecule has 1 aromatic heterocycles. The predicted molar refractivity (Wildman–Crippen MR) is 84.4 cm³/mol. The number of hydrogen-bond donors (Lipinski definition) is 2. The number of hydrogen-bond acceptors (Lipinski definition) is 4. The van der Waals surface area contributed by atoms with Crippen molar-refractivity contribution in [3.05, 3.63) is 60.3 Å². The molecule has 0 aliphatic carbocycles. The Morgan fingerprint density at radius 2 is 1.95 bits per heavy atom. The number of pyridine rings is 1. The maximum atomic E-state index is 12.3. The van der Waals surface area contributed by atoms with Crippen molar-refractivity contribution in [3.63, 3.8) is 0 Å². The Labute approximate surface area is 127 Å². The van der Waals surface area contributed by atoms with Gasteiger partial charge in [0.15, 0.2) is 0 Å². The predicted octanol–water partition coefficient (Wildman–Crippen LogP) is 3.20. The Kier molecular flexibility index (Phi) is 3.62. The minimum atomic E-state index is -0.393. The Morgan fingerprint density at radius 3 is 2.68 bits per heavy atom. The summed E-state index contributed by atoms with van der Waals surface area (Å²) < 4.78 is 4.96. The Morgan fingerprint density at radius 1 is 1.14 bits per heavy atom. The Hall–Kier alpha value is -3.08. The molecule has 5 nitrogen and oxygen atoms in total. The molecule has 2 N–H and O–H groups in total. The second-order valence-electron chi connectivity index (χ2n) is 4.73. The molecule has 0 spiro atoms. The monoisotopic (exact) mass is 294 g/mol. The van der Waals surface area contributed by atoms with E-state index in [1.807, 2.05) is 18.2 Å². The Balaban J connectivity index is 1.89. The summed E-state index contributed by atoms with van der Waals surface area (Å²) in [6, 6.07) is 14.1. The molecule has 0 radical (unpaired) electrons. The molecule has 0 aliphatic rings. The van der Waals surface area contributed by atoms with Gasteiger partial charge in [0.05, 0.1) is 24.6 Å². The number of fused-ring (bicyclic) bond motifs is 1. The highest BCUT2D eigenvalue weighted by Gasteiger charge is 2.14. The highest BCUT2D eigenvalue weighted by Crippen LogP contribution is 2.29. The van der Waals surface area contributed by atoms with E-state index in [1.54, 1.807) is 30.3 Å². The van der Waals surface area contributed by atoms with E-state index in [-0.39, 0.29) is 11.3 Å². The second kappa shape index (κ2) is 5.73. The second-order valence-corrected chi connectivity index (χ2v) is 4.73. The van der Waals surface area contributed by atoms with Crippen LogP contribution in [-0.4, -0.2) is 23.1 Å². The van der Waals surface area contributed by atoms with Crippen molar-refractivity contribution < 1.29 is 14.6 Å². The number of anilines is 1. The molecule has 0 fully saturated rings. The first-order valence-corrected chi connectivity index (χ1v) is 6.71. The zero-order valence-corrected chi connectivity index (χ0v) is 11.9. The standard InChI is InChI=1S/C17H14N2O3/c1-22-15-9-7-12(10-18-15)19-17(21)14-8-6-11-4-2-3-5-13(11)16(14)20/h2-10,20H,1H3,(H,19,21). The lowest BCUT2D eigenvalue weighted by molar-refractivity contribution is 0.102. The number of aromatic nitrogens is 1. The number of phenols is 1. The van der Waals surface area contributed by atoms with Gasteiger partial charge in [-0.15, -0.1) is 0 Å². The molecule has 0 saturated carbocycles. The van der Waals surface area contributed by atoms with Gasteiger partial charge in [0, 0.05) is 11.5 Å². The van der Waals surface area contributed by atoms with Gasteiger partial charge in [-0.1, -0.05) is 30.3 Å². The number of ether oxygens (including phenoxy) is 1. The largest absolute Gasteiger partial charge is 0.506 e. The lowest BCUT2D eigenvalue weighted by Gasteiger charge is -2.09. The highest BCUT2D eigenvalue weighted by atomic mass is 16.5. The summed E-state index contributed by atoms with van der Waals surface area (Å²) in [7, 11) is 1.52. The van der Waals surface area contributed by atoms with Gasteiger partial charge in [0.25, 0.3) is 5.91 Å². The molecular formula is C17H14N2O3. The summed E-state index contributed by atoms with van der Waals surface area (Å²) >= 11 is 0. The Bertz CT molecular complexity index is 829. The van der Waals surface area contributed by atoms with E-state index < -0.39 is 5.91 Å². The molecule has 0 atom stereocenters. The average Bonchev–Trinajstić information content (AvgIpc) is 2.56. The maximum absolute atomic E-state index is 12.3. The van der Waals surface area contributed by atoms with Crippen LogP contribution in [0.1, 0.15) is 10.4 Å². The molecule has 0 aliphatic heterocycles. The number of methoxy groups -OCH3 is 1. The number of nitrogens with one attached hydrogen (secondary N) is 1. The summed E-state index contributed by atoms with van der Waals surface area (Å²) in [5, 5.41) is 14.5. The molecule has 3 aromatic rings. The van der Waals surface area contributed by atoms with Crippen molar-refractivity contribution in [1.82, 2.24) is 4.98 Å². The van der Waals surface area contributed by atoms with E-state index in [2.05, 4.69) is 10.3 Å². The minimum Gasteiger partial charge on any atom is -0.506 e. The van der Waals surface area contributed by atoms with Crippen molar-refractivity contribution in [3.8, 4) is 11.6 Å². The topological polar surface area (TPSA) is 71.5 Å². The van der Waals surface area contributed by atoms with E-state index in [1.165, 1.54) is 13.3 Å². The highest BCUT2D eigenvalue weighted by molar-refractivity contribution is 6.09. The van der Waals surface area contributed by atoms with Crippen LogP contribution in [0.4, 0.5) is 5.69 Å². The van der Waals surface area contributed by atoms with Crippen LogP contribution in [0.5, 0.6) is 11.6 Å². The molecule has 0 bridgehead atoms. The summed E-state index contributed by atoms with van der Waals surface area (Å²) in [6.45, 7) is 0. The SMILES string of the molecule is COc1ccc(NC(=O)c2ccc3ccccc3c2O)cn1. The molecule has 0 unspecified atom stereocenters. The fourth-order valence-corrected chi connectivity index (χ4v) is 2.21. The minimum absolute atomic E-state index is 0.0305. The molecule has 2 aromatic carbocycles. The molecule has 0 saturated heterocycles. The van der Waals surface area contributed by atoms with Crippen molar-refractivity contribution in [1.29, 1.82) is 0 Å². The quantitative estimate of drug-likeness (QED) is 0.778. The molecule has 110 valence electrons.